The second kappa shape index (κ2) is 9.68. The van der Waals surface area contributed by atoms with Gasteiger partial charge in [-0.15, -0.1) is 0 Å². The number of aliphatic carboxylic acids is 1. The van der Waals surface area contributed by atoms with Crippen molar-refractivity contribution in [3.63, 3.8) is 0 Å². The zero-order chi connectivity index (χ0) is 16.6. The number of hydrogen-bond donors (Lipinski definition) is 5. The van der Waals surface area contributed by atoms with Gasteiger partial charge in [0.15, 0.2) is 12.2 Å². The van der Waals surface area contributed by atoms with Crippen molar-refractivity contribution in [1.82, 2.24) is 4.90 Å². The summed E-state index contributed by atoms with van der Waals surface area (Å²) in [7, 11) is 0. The van der Waals surface area contributed by atoms with Gasteiger partial charge in [-0.2, -0.15) is 11.8 Å². The number of imide groups is 1. The highest BCUT2D eigenvalue weighted by atomic mass is 32.2. The van der Waals surface area contributed by atoms with Crippen LogP contribution in [0.2, 0.25) is 0 Å². The molecule has 0 aromatic rings. The Kier molecular flexibility index (Phi) is 9.13. The fourth-order valence-corrected chi connectivity index (χ4v) is 1.94. The highest BCUT2D eigenvalue weighted by molar-refractivity contribution is 7.98. The largest absolute Gasteiger partial charge is 0.480 e. The van der Waals surface area contributed by atoms with Gasteiger partial charge in [0, 0.05) is 0 Å². The molecule has 0 spiro atoms. The van der Waals surface area contributed by atoms with Crippen LogP contribution in [-0.4, -0.2) is 91.7 Å². The van der Waals surface area contributed by atoms with E-state index in [1.165, 1.54) is 11.8 Å². The molecule has 0 saturated carbocycles. The lowest BCUT2D eigenvalue weighted by Crippen LogP contribution is -2.56. The van der Waals surface area contributed by atoms with E-state index in [9.17, 15) is 24.6 Å². The SMILES string of the molecule is CSCCC(C(=O)O)N(C(=O)C(O)CO)C(=O)C(O)CO. The van der Waals surface area contributed by atoms with Crippen molar-refractivity contribution >= 4 is 29.5 Å². The number of carboxylic acid groups (broad SMARTS) is 1. The molecule has 0 radical (unpaired) electrons. The van der Waals surface area contributed by atoms with Gasteiger partial charge in [-0.1, -0.05) is 0 Å². The maximum Gasteiger partial charge on any atom is 0.326 e. The molecule has 0 saturated heterocycles. The summed E-state index contributed by atoms with van der Waals surface area (Å²) in [5.41, 5.74) is 0. The number of aliphatic hydroxyl groups excluding tert-OH is 4. The van der Waals surface area contributed by atoms with Crippen LogP contribution in [-0.2, 0) is 14.4 Å². The van der Waals surface area contributed by atoms with Crippen molar-refractivity contribution in [2.45, 2.75) is 24.7 Å². The Balaban J connectivity index is 5.48. The Labute approximate surface area is 125 Å². The number of carbonyl (C=O) groups excluding carboxylic acids is 2. The van der Waals surface area contributed by atoms with E-state index < -0.39 is 49.2 Å². The molecular weight excluding hydrogens is 306 g/mol. The minimum absolute atomic E-state index is 0.107. The van der Waals surface area contributed by atoms with Crippen molar-refractivity contribution in [1.29, 1.82) is 0 Å². The molecule has 3 unspecified atom stereocenters. The molecule has 0 bridgehead atoms. The third kappa shape index (κ3) is 5.59. The van der Waals surface area contributed by atoms with Gasteiger partial charge in [-0.25, -0.2) is 4.79 Å². The molecule has 0 aliphatic heterocycles. The summed E-state index contributed by atoms with van der Waals surface area (Å²) in [5.74, 6) is -3.88. The van der Waals surface area contributed by atoms with Gasteiger partial charge in [0.05, 0.1) is 13.2 Å². The number of aliphatic hydroxyl groups is 4. The molecule has 2 amide bonds. The summed E-state index contributed by atoms with van der Waals surface area (Å²) in [4.78, 5) is 35.2. The first kappa shape index (κ1) is 19.8. The standard InChI is InChI=1S/C11H19NO8S/c1-21-3-2-6(11(19)20)12(9(17)7(15)4-13)10(18)8(16)5-14/h6-8,13-16H,2-5H2,1H3,(H,19,20). The van der Waals surface area contributed by atoms with Gasteiger partial charge in [0.1, 0.15) is 6.04 Å². The monoisotopic (exact) mass is 325 g/mol. The summed E-state index contributed by atoms with van der Waals surface area (Å²) in [6.07, 6.45) is -2.39. The van der Waals surface area contributed by atoms with E-state index in [-0.39, 0.29) is 11.3 Å². The summed E-state index contributed by atoms with van der Waals surface area (Å²) in [6.45, 7) is -2.01. The molecule has 3 atom stereocenters. The average Bonchev–Trinajstić information content (AvgIpc) is 2.47. The van der Waals surface area contributed by atoms with E-state index >= 15 is 0 Å². The molecule has 0 heterocycles. The number of nitrogens with zero attached hydrogens (tertiary/aromatic N) is 1. The fourth-order valence-electron chi connectivity index (χ4n) is 1.49. The molecule has 21 heavy (non-hydrogen) atoms. The quantitative estimate of drug-likeness (QED) is 0.303. The number of hydrogen-bond acceptors (Lipinski definition) is 8. The van der Waals surface area contributed by atoms with E-state index in [1.807, 2.05) is 0 Å². The Bertz CT molecular complexity index is 355. The van der Waals surface area contributed by atoms with Crippen molar-refractivity contribution in [3.05, 3.63) is 0 Å². The van der Waals surface area contributed by atoms with Gasteiger partial charge in [-0.3, -0.25) is 14.5 Å². The Morgan fingerprint density at radius 2 is 1.48 bits per heavy atom. The smallest absolute Gasteiger partial charge is 0.326 e. The van der Waals surface area contributed by atoms with Crippen molar-refractivity contribution in [2.24, 2.45) is 0 Å². The fraction of sp³-hybridized carbons (Fsp3) is 0.727. The van der Waals surface area contributed by atoms with Crippen molar-refractivity contribution in [2.75, 3.05) is 25.2 Å². The number of rotatable bonds is 9. The van der Waals surface area contributed by atoms with Crippen LogP contribution in [0.15, 0.2) is 0 Å². The van der Waals surface area contributed by atoms with Crippen LogP contribution in [0.5, 0.6) is 0 Å². The van der Waals surface area contributed by atoms with Crippen LogP contribution >= 0.6 is 11.8 Å². The summed E-state index contributed by atoms with van der Waals surface area (Å²) >= 11 is 1.28. The molecule has 0 aliphatic rings. The third-order valence-corrected chi connectivity index (χ3v) is 3.23. The highest BCUT2D eigenvalue weighted by Crippen LogP contribution is 2.13. The Morgan fingerprint density at radius 1 is 1.05 bits per heavy atom. The van der Waals surface area contributed by atoms with Crippen LogP contribution in [0.1, 0.15) is 6.42 Å². The average molecular weight is 325 g/mol. The summed E-state index contributed by atoms with van der Waals surface area (Å²) in [6, 6.07) is -1.61. The van der Waals surface area contributed by atoms with Gasteiger partial charge >= 0.3 is 5.97 Å². The molecular formula is C11H19NO8S. The van der Waals surface area contributed by atoms with E-state index in [2.05, 4.69) is 0 Å². The minimum Gasteiger partial charge on any atom is -0.480 e. The van der Waals surface area contributed by atoms with E-state index in [0.717, 1.165) is 0 Å². The molecule has 122 valence electrons. The predicted octanol–water partition coefficient (Wildman–Crippen LogP) is -2.75. The normalized spacial score (nSPS) is 15.1. The first-order valence-electron chi connectivity index (χ1n) is 5.98. The first-order valence-corrected chi connectivity index (χ1v) is 7.37. The van der Waals surface area contributed by atoms with Gasteiger partial charge in [-0.05, 0) is 18.4 Å². The van der Waals surface area contributed by atoms with Crippen molar-refractivity contribution in [3.8, 4) is 0 Å². The molecule has 10 heteroatoms. The zero-order valence-electron chi connectivity index (χ0n) is 11.4. The number of carboxylic acids is 1. The van der Waals surface area contributed by atoms with Gasteiger partial charge < -0.3 is 25.5 Å². The van der Waals surface area contributed by atoms with Crippen LogP contribution in [0.4, 0.5) is 0 Å². The van der Waals surface area contributed by atoms with Gasteiger partial charge in [0.2, 0.25) is 0 Å². The van der Waals surface area contributed by atoms with Crippen LogP contribution in [0, 0.1) is 0 Å². The Morgan fingerprint density at radius 3 is 1.76 bits per heavy atom. The first-order chi connectivity index (χ1) is 9.81. The second-order valence-electron chi connectivity index (χ2n) is 4.08. The third-order valence-electron chi connectivity index (χ3n) is 2.58. The molecule has 0 aromatic carbocycles. The topological polar surface area (TPSA) is 156 Å². The van der Waals surface area contributed by atoms with Crippen LogP contribution in [0.3, 0.4) is 0 Å². The van der Waals surface area contributed by atoms with Crippen LogP contribution < -0.4 is 0 Å². The van der Waals surface area contributed by atoms with E-state index in [1.54, 1.807) is 6.26 Å². The maximum atomic E-state index is 11.9. The predicted molar refractivity (Wildman–Crippen MR) is 72.5 cm³/mol. The maximum absolute atomic E-state index is 11.9. The highest BCUT2D eigenvalue weighted by Gasteiger charge is 2.39. The number of carbonyl (C=O) groups is 3. The molecule has 0 aromatic heterocycles. The molecule has 0 rings (SSSR count). The van der Waals surface area contributed by atoms with E-state index in [4.69, 9.17) is 15.3 Å². The summed E-state index contributed by atoms with van der Waals surface area (Å²) < 4.78 is 0. The summed E-state index contributed by atoms with van der Waals surface area (Å²) in [5, 5.41) is 45.3. The Hall–Kier alpha value is -1.20. The second-order valence-corrected chi connectivity index (χ2v) is 5.06. The lowest BCUT2D eigenvalue weighted by Gasteiger charge is -2.29. The minimum atomic E-state index is -1.99. The number of thioether (sulfide) groups is 1. The lowest BCUT2D eigenvalue weighted by atomic mass is 10.1. The number of amides is 2. The molecule has 5 N–H and O–H groups in total. The van der Waals surface area contributed by atoms with Gasteiger partial charge in [0.25, 0.3) is 11.8 Å². The van der Waals surface area contributed by atoms with Crippen molar-refractivity contribution < 1.29 is 39.9 Å². The zero-order valence-corrected chi connectivity index (χ0v) is 12.2. The molecule has 0 aliphatic carbocycles. The lowest BCUT2D eigenvalue weighted by molar-refractivity contribution is -0.167. The molecule has 0 fully saturated rings. The van der Waals surface area contributed by atoms with E-state index in [0.29, 0.717) is 5.75 Å². The van der Waals surface area contributed by atoms with Crippen LogP contribution in [0.25, 0.3) is 0 Å². The molecule has 9 nitrogen and oxygen atoms in total.